The van der Waals surface area contributed by atoms with E-state index in [1.807, 2.05) is 30.7 Å². The second-order valence-corrected chi connectivity index (χ2v) is 5.93. The number of hydrogen-bond acceptors (Lipinski definition) is 3. The Bertz CT molecular complexity index is 569. The van der Waals surface area contributed by atoms with E-state index in [1.165, 1.54) is 0 Å². The quantitative estimate of drug-likeness (QED) is 0.943. The molecule has 1 unspecified atom stereocenters. The van der Waals surface area contributed by atoms with Gasteiger partial charge in [0.25, 0.3) is 0 Å². The maximum Gasteiger partial charge on any atom is 0.0742 e. The van der Waals surface area contributed by atoms with E-state index in [4.69, 9.17) is 5.73 Å². The van der Waals surface area contributed by atoms with E-state index in [9.17, 15) is 0 Å². The minimum atomic E-state index is -0.209. The van der Waals surface area contributed by atoms with Crippen molar-refractivity contribution < 1.29 is 0 Å². The first-order chi connectivity index (χ1) is 8.90. The van der Waals surface area contributed by atoms with Crippen LogP contribution in [0.1, 0.15) is 48.6 Å². The SMILES string of the molecule is Cc1cc(C(N)c2c(Br)cnn2C(C)C)cc(C)n1. The standard InChI is InChI=1S/C14H19BrN4/c1-8(2)19-14(12(15)7-17-19)13(16)11-5-9(3)18-10(4)6-11/h5-8,13H,16H2,1-4H3. The van der Waals surface area contributed by atoms with E-state index in [1.54, 1.807) is 6.20 Å². The lowest BCUT2D eigenvalue weighted by molar-refractivity contribution is 0.498. The topological polar surface area (TPSA) is 56.7 Å². The van der Waals surface area contributed by atoms with E-state index < -0.39 is 0 Å². The smallest absolute Gasteiger partial charge is 0.0742 e. The van der Waals surface area contributed by atoms with E-state index >= 15 is 0 Å². The molecular formula is C14H19BrN4. The molecular weight excluding hydrogens is 304 g/mol. The van der Waals surface area contributed by atoms with Gasteiger partial charge in [0.05, 0.1) is 22.4 Å². The minimum Gasteiger partial charge on any atom is -0.319 e. The molecule has 2 rings (SSSR count). The highest BCUT2D eigenvalue weighted by Gasteiger charge is 2.20. The van der Waals surface area contributed by atoms with Crippen LogP contribution in [-0.2, 0) is 0 Å². The molecule has 4 nitrogen and oxygen atoms in total. The monoisotopic (exact) mass is 322 g/mol. The molecule has 2 aromatic heterocycles. The first-order valence-electron chi connectivity index (χ1n) is 6.33. The lowest BCUT2D eigenvalue weighted by Gasteiger charge is -2.18. The number of nitrogens with two attached hydrogens (primary N) is 1. The van der Waals surface area contributed by atoms with Gasteiger partial charge in [-0.05, 0) is 61.3 Å². The maximum atomic E-state index is 6.42. The molecule has 0 saturated heterocycles. The third-order valence-electron chi connectivity index (χ3n) is 3.03. The molecule has 0 aliphatic rings. The van der Waals surface area contributed by atoms with Crippen molar-refractivity contribution in [2.75, 3.05) is 0 Å². The van der Waals surface area contributed by atoms with Crippen molar-refractivity contribution in [3.05, 3.63) is 45.4 Å². The highest BCUT2D eigenvalue weighted by Crippen LogP contribution is 2.29. The molecule has 5 heteroatoms. The Morgan fingerprint density at radius 2 is 1.79 bits per heavy atom. The third-order valence-corrected chi connectivity index (χ3v) is 3.64. The zero-order valence-electron chi connectivity index (χ0n) is 11.7. The summed E-state index contributed by atoms with van der Waals surface area (Å²) >= 11 is 3.54. The van der Waals surface area contributed by atoms with Crippen LogP contribution in [0, 0.1) is 13.8 Å². The van der Waals surface area contributed by atoms with Crippen molar-refractivity contribution in [2.24, 2.45) is 5.73 Å². The summed E-state index contributed by atoms with van der Waals surface area (Å²) in [6, 6.07) is 4.12. The summed E-state index contributed by atoms with van der Waals surface area (Å²) < 4.78 is 2.90. The Labute approximate surface area is 122 Å². The van der Waals surface area contributed by atoms with Crippen molar-refractivity contribution in [2.45, 2.75) is 39.8 Å². The van der Waals surface area contributed by atoms with E-state index in [-0.39, 0.29) is 12.1 Å². The van der Waals surface area contributed by atoms with Crippen LogP contribution in [0.15, 0.2) is 22.8 Å². The third kappa shape index (κ3) is 2.87. The van der Waals surface area contributed by atoms with Gasteiger partial charge in [0.2, 0.25) is 0 Å². The zero-order valence-corrected chi connectivity index (χ0v) is 13.3. The van der Waals surface area contributed by atoms with Gasteiger partial charge in [0.15, 0.2) is 0 Å². The van der Waals surface area contributed by atoms with Gasteiger partial charge in [-0.2, -0.15) is 5.10 Å². The van der Waals surface area contributed by atoms with Gasteiger partial charge < -0.3 is 5.73 Å². The lowest BCUT2D eigenvalue weighted by atomic mass is 10.0. The highest BCUT2D eigenvalue weighted by atomic mass is 79.9. The molecule has 102 valence electrons. The zero-order chi connectivity index (χ0) is 14.2. The summed E-state index contributed by atoms with van der Waals surface area (Å²) in [7, 11) is 0. The summed E-state index contributed by atoms with van der Waals surface area (Å²) in [4.78, 5) is 4.39. The van der Waals surface area contributed by atoms with Crippen LogP contribution in [-0.4, -0.2) is 14.8 Å². The van der Waals surface area contributed by atoms with Crippen LogP contribution in [0.2, 0.25) is 0 Å². The summed E-state index contributed by atoms with van der Waals surface area (Å²) in [6.07, 6.45) is 1.80. The fourth-order valence-electron chi connectivity index (χ4n) is 2.26. The molecule has 0 spiro atoms. The number of nitrogens with zero attached hydrogens (tertiary/aromatic N) is 3. The van der Waals surface area contributed by atoms with Crippen LogP contribution >= 0.6 is 15.9 Å². The summed E-state index contributed by atoms with van der Waals surface area (Å²) in [6.45, 7) is 8.16. The van der Waals surface area contributed by atoms with E-state index in [0.29, 0.717) is 0 Å². The average molecular weight is 323 g/mol. The van der Waals surface area contributed by atoms with Crippen LogP contribution in [0.25, 0.3) is 0 Å². The number of aromatic nitrogens is 3. The van der Waals surface area contributed by atoms with Crippen molar-refractivity contribution in [1.29, 1.82) is 0 Å². The normalized spacial score (nSPS) is 13.0. The first-order valence-corrected chi connectivity index (χ1v) is 7.13. The van der Waals surface area contributed by atoms with Crippen molar-refractivity contribution in [3.8, 4) is 0 Å². The van der Waals surface area contributed by atoms with Gasteiger partial charge in [-0.3, -0.25) is 9.67 Å². The fraction of sp³-hybridized carbons (Fsp3) is 0.429. The Hall–Kier alpha value is -1.20. The Kier molecular flexibility index (Phi) is 4.06. The molecule has 0 aliphatic carbocycles. The van der Waals surface area contributed by atoms with Gasteiger partial charge in [0.1, 0.15) is 0 Å². The lowest BCUT2D eigenvalue weighted by Crippen LogP contribution is -2.19. The van der Waals surface area contributed by atoms with Crippen LogP contribution < -0.4 is 5.73 Å². The molecule has 19 heavy (non-hydrogen) atoms. The number of rotatable bonds is 3. The van der Waals surface area contributed by atoms with Crippen molar-refractivity contribution >= 4 is 15.9 Å². The predicted octanol–water partition coefficient (Wildman–Crippen LogP) is 3.29. The first kappa shape index (κ1) is 14.2. The number of hydrogen-bond donors (Lipinski definition) is 1. The van der Waals surface area contributed by atoms with Gasteiger partial charge in [-0.15, -0.1) is 0 Å². The molecule has 1 atom stereocenters. The maximum absolute atomic E-state index is 6.42. The predicted molar refractivity (Wildman–Crippen MR) is 80.1 cm³/mol. The van der Waals surface area contributed by atoms with E-state index in [0.717, 1.165) is 27.1 Å². The number of halogens is 1. The molecule has 0 aromatic carbocycles. The summed E-state index contributed by atoms with van der Waals surface area (Å²) in [5.41, 5.74) is 10.4. The molecule has 2 aromatic rings. The Balaban J connectivity index is 2.49. The second-order valence-electron chi connectivity index (χ2n) is 5.08. The second kappa shape index (κ2) is 5.43. The van der Waals surface area contributed by atoms with Gasteiger partial charge in [-0.1, -0.05) is 0 Å². The van der Waals surface area contributed by atoms with Gasteiger partial charge in [-0.25, -0.2) is 0 Å². The van der Waals surface area contributed by atoms with Crippen molar-refractivity contribution in [1.82, 2.24) is 14.8 Å². The number of pyridine rings is 1. The van der Waals surface area contributed by atoms with Crippen molar-refractivity contribution in [3.63, 3.8) is 0 Å². The van der Waals surface area contributed by atoms with Gasteiger partial charge >= 0.3 is 0 Å². The number of aryl methyl sites for hydroxylation is 2. The van der Waals surface area contributed by atoms with Crippen LogP contribution in [0.5, 0.6) is 0 Å². The molecule has 0 saturated carbocycles. The van der Waals surface area contributed by atoms with Gasteiger partial charge in [0, 0.05) is 17.4 Å². The Morgan fingerprint density at radius 3 is 2.32 bits per heavy atom. The van der Waals surface area contributed by atoms with Crippen LogP contribution in [0.3, 0.4) is 0 Å². The molecule has 0 bridgehead atoms. The molecule has 0 amide bonds. The minimum absolute atomic E-state index is 0.209. The average Bonchev–Trinajstić information content (AvgIpc) is 2.69. The fourth-order valence-corrected chi connectivity index (χ4v) is 2.78. The Morgan fingerprint density at radius 1 is 1.21 bits per heavy atom. The highest BCUT2D eigenvalue weighted by molar-refractivity contribution is 9.10. The summed E-state index contributed by atoms with van der Waals surface area (Å²) in [5, 5.41) is 4.38. The molecule has 0 radical (unpaired) electrons. The molecule has 0 fully saturated rings. The summed E-state index contributed by atoms with van der Waals surface area (Å²) in [5.74, 6) is 0. The molecule has 0 aliphatic heterocycles. The van der Waals surface area contributed by atoms with E-state index in [2.05, 4.69) is 39.9 Å². The molecule has 2 heterocycles. The largest absolute Gasteiger partial charge is 0.319 e. The molecule has 2 N–H and O–H groups in total. The van der Waals surface area contributed by atoms with Crippen LogP contribution in [0.4, 0.5) is 0 Å².